The molecule has 14 heavy (non-hydrogen) atoms. The Morgan fingerprint density at radius 1 is 1.29 bits per heavy atom. The predicted octanol–water partition coefficient (Wildman–Crippen LogP) is 2.79. The number of hydrogen-bond acceptors (Lipinski definition) is 2. The van der Waals surface area contributed by atoms with E-state index in [1.807, 2.05) is 24.3 Å². The average molecular weight is 189 g/mol. The van der Waals surface area contributed by atoms with Gasteiger partial charge in [0.1, 0.15) is 5.75 Å². The van der Waals surface area contributed by atoms with Crippen molar-refractivity contribution in [2.24, 2.45) is 5.92 Å². The van der Waals surface area contributed by atoms with Gasteiger partial charge in [-0.1, -0.05) is 26.0 Å². The van der Waals surface area contributed by atoms with Crippen LogP contribution in [0, 0.1) is 17.2 Å². The summed E-state index contributed by atoms with van der Waals surface area (Å²) in [6.07, 6.45) is 0.463. The van der Waals surface area contributed by atoms with Crippen LogP contribution in [0.25, 0.3) is 0 Å². The maximum absolute atomic E-state index is 8.48. The zero-order valence-corrected chi connectivity index (χ0v) is 8.66. The second-order valence-electron chi connectivity index (χ2n) is 3.68. The molecule has 1 rings (SSSR count). The van der Waals surface area contributed by atoms with Crippen LogP contribution in [0.3, 0.4) is 0 Å². The van der Waals surface area contributed by atoms with E-state index >= 15 is 0 Å². The molecule has 0 aliphatic carbocycles. The molecule has 2 nitrogen and oxygen atoms in total. The highest BCUT2D eigenvalue weighted by molar-refractivity contribution is 5.28. The Labute approximate surface area is 85.1 Å². The average Bonchev–Trinajstić information content (AvgIpc) is 2.17. The van der Waals surface area contributed by atoms with E-state index in [0.29, 0.717) is 12.3 Å². The van der Waals surface area contributed by atoms with Gasteiger partial charge in [-0.05, 0) is 23.6 Å². The molecule has 0 saturated carbocycles. The minimum Gasteiger partial charge on any atom is -0.493 e. The fraction of sp³-hybridized carbons (Fsp3) is 0.417. The molecule has 0 amide bonds. The normalized spacial score (nSPS) is 9.86. The molecule has 1 aromatic carbocycles. The van der Waals surface area contributed by atoms with Crippen LogP contribution in [0.15, 0.2) is 24.3 Å². The molecular formula is C12H15NO. The Morgan fingerprint density at radius 3 is 2.43 bits per heavy atom. The van der Waals surface area contributed by atoms with Crippen molar-refractivity contribution in [2.45, 2.75) is 20.3 Å². The summed E-state index contributed by atoms with van der Waals surface area (Å²) in [7, 11) is 0. The minimum absolute atomic E-state index is 0.463. The molecule has 0 unspecified atom stereocenters. The number of hydrogen-bond donors (Lipinski definition) is 0. The van der Waals surface area contributed by atoms with E-state index < -0.39 is 0 Å². The number of nitrogens with zero attached hydrogens (tertiary/aromatic N) is 1. The zero-order valence-electron chi connectivity index (χ0n) is 8.66. The molecule has 2 heteroatoms. The fourth-order valence-corrected chi connectivity index (χ4v) is 1.06. The van der Waals surface area contributed by atoms with E-state index in [1.54, 1.807) is 0 Å². The number of rotatable bonds is 4. The van der Waals surface area contributed by atoms with Crippen LogP contribution in [0.4, 0.5) is 0 Å². The SMILES string of the molecule is CC(C)COc1ccc(CC#N)cc1. The summed E-state index contributed by atoms with van der Waals surface area (Å²) in [6, 6.07) is 9.80. The first-order valence-electron chi connectivity index (χ1n) is 4.81. The number of benzene rings is 1. The fourth-order valence-electron chi connectivity index (χ4n) is 1.06. The molecule has 0 heterocycles. The quantitative estimate of drug-likeness (QED) is 0.729. The summed E-state index contributed by atoms with van der Waals surface area (Å²) in [5.74, 6) is 1.41. The van der Waals surface area contributed by atoms with Crippen LogP contribution < -0.4 is 4.74 Å². The molecule has 0 aliphatic rings. The van der Waals surface area contributed by atoms with E-state index in [-0.39, 0.29) is 0 Å². The Hall–Kier alpha value is -1.49. The van der Waals surface area contributed by atoms with Gasteiger partial charge in [-0.3, -0.25) is 0 Å². The molecule has 0 aliphatic heterocycles. The highest BCUT2D eigenvalue weighted by Crippen LogP contribution is 2.13. The molecule has 0 bridgehead atoms. The monoisotopic (exact) mass is 189 g/mol. The highest BCUT2D eigenvalue weighted by Gasteiger charge is 1.97. The van der Waals surface area contributed by atoms with Gasteiger partial charge in [0, 0.05) is 0 Å². The number of nitriles is 1. The first-order valence-corrected chi connectivity index (χ1v) is 4.81. The molecule has 74 valence electrons. The van der Waals surface area contributed by atoms with Crippen molar-refractivity contribution in [3.05, 3.63) is 29.8 Å². The van der Waals surface area contributed by atoms with Crippen molar-refractivity contribution < 1.29 is 4.74 Å². The van der Waals surface area contributed by atoms with Crippen LogP contribution >= 0.6 is 0 Å². The summed E-state index contributed by atoms with van der Waals surface area (Å²) in [5, 5.41) is 8.48. The standard InChI is InChI=1S/C12H15NO/c1-10(2)9-14-12-5-3-11(4-6-12)7-8-13/h3-6,10H,7,9H2,1-2H3. The van der Waals surface area contributed by atoms with Gasteiger partial charge in [0.2, 0.25) is 0 Å². The van der Waals surface area contributed by atoms with Gasteiger partial charge >= 0.3 is 0 Å². The van der Waals surface area contributed by atoms with E-state index in [1.165, 1.54) is 0 Å². The van der Waals surface area contributed by atoms with Crippen molar-refractivity contribution in [1.29, 1.82) is 5.26 Å². The van der Waals surface area contributed by atoms with E-state index in [2.05, 4.69) is 19.9 Å². The molecule has 0 fully saturated rings. The Balaban J connectivity index is 2.52. The van der Waals surface area contributed by atoms with Crippen LogP contribution in [-0.4, -0.2) is 6.61 Å². The van der Waals surface area contributed by atoms with E-state index in [4.69, 9.17) is 10.00 Å². The van der Waals surface area contributed by atoms with Crippen LogP contribution in [0.1, 0.15) is 19.4 Å². The first kappa shape index (κ1) is 10.6. The van der Waals surface area contributed by atoms with Crippen molar-refractivity contribution in [3.63, 3.8) is 0 Å². The maximum atomic E-state index is 8.48. The van der Waals surface area contributed by atoms with E-state index in [0.717, 1.165) is 17.9 Å². The molecule has 0 atom stereocenters. The first-order chi connectivity index (χ1) is 6.72. The van der Waals surface area contributed by atoms with Crippen LogP contribution in [-0.2, 0) is 6.42 Å². The predicted molar refractivity (Wildman–Crippen MR) is 56.1 cm³/mol. The molecule has 0 aromatic heterocycles. The van der Waals surface area contributed by atoms with Gasteiger partial charge in [0.05, 0.1) is 19.1 Å². The summed E-state index contributed by atoms with van der Waals surface area (Å²) < 4.78 is 5.52. The summed E-state index contributed by atoms with van der Waals surface area (Å²) in [4.78, 5) is 0. The van der Waals surface area contributed by atoms with Gasteiger partial charge in [0.25, 0.3) is 0 Å². The lowest BCUT2D eigenvalue weighted by Crippen LogP contribution is -2.04. The smallest absolute Gasteiger partial charge is 0.119 e. The maximum Gasteiger partial charge on any atom is 0.119 e. The van der Waals surface area contributed by atoms with Crippen molar-refractivity contribution in [3.8, 4) is 11.8 Å². The lowest BCUT2D eigenvalue weighted by molar-refractivity contribution is 0.271. The molecule has 0 spiro atoms. The van der Waals surface area contributed by atoms with Crippen molar-refractivity contribution in [1.82, 2.24) is 0 Å². The van der Waals surface area contributed by atoms with Crippen molar-refractivity contribution in [2.75, 3.05) is 6.61 Å². The van der Waals surface area contributed by atoms with Gasteiger partial charge in [-0.15, -0.1) is 0 Å². The number of ether oxygens (including phenoxy) is 1. The summed E-state index contributed by atoms with van der Waals surface area (Å²) in [6.45, 7) is 4.96. The molecule has 1 aromatic rings. The second kappa shape index (κ2) is 5.29. The minimum atomic E-state index is 0.463. The Kier molecular flexibility index (Phi) is 4.00. The Bertz CT molecular complexity index is 308. The summed E-state index contributed by atoms with van der Waals surface area (Å²) in [5.41, 5.74) is 1.03. The van der Waals surface area contributed by atoms with E-state index in [9.17, 15) is 0 Å². The van der Waals surface area contributed by atoms with Gasteiger partial charge in [-0.2, -0.15) is 5.26 Å². The third-order valence-corrected chi connectivity index (χ3v) is 1.79. The highest BCUT2D eigenvalue weighted by atomic mass is 16.5. The molecule has 0 radical (unpaired) electrons. The zero-order chi connectivity index (χ0) is 10.4. The van der Waals surface area contributed by atoms with Crippen molar-refractivity contribution >= 4 is 0 Å². The van der Waals surface area contributed by atoms with Crippen LogP contribution in [0.5, 0.6) is 5.75 Å². The lowest BCUT2D eigenvalue weighted by Gasteiger charge is -2.08. The topological polar surface area (TPSA) is 33.0 Å². The third-order valence-electron chi connectivity index (χ3n) is 1.79. The summed E-state index contributed by atoms with van der Waals surface area (Å²) >= 11 is 0. The largest absolute Gasteiger partial charge is 0.493 e. The second-order valence-corrected chi connectivity index (χ2v) is 3.68. The molecule has 0 saturated heterocycles. The van der Waals surface area contributed by atoms with Gasteiger partial charge in [0.15, 0.2) is 0 Å². The van der Waals surface area contributed by atoms with Gasteiger partial charge in [-0.25, -0.2) is 0 Å². The van der Waals surface area contributed by atoms with Gasteiger partial charge < -0.3 is 4.74 Å². The molecule has 0 N–H and O–H groups in total. The lowest BCUT2D eigenvalue weighted by atomic mass is 10.2. The Morgan fingerprint density at radius 2 is 1.93 bits per heavy atom. The molecular weight excluding hydrogens is 174 g/mol. The van der Waals surface area contributed by atoms with Crippen LogP contribution in [0.2, 0.25) is 0 Å². The third kappa shape index (κ3) is 3.49.